The monoisotopic (exact) mass is 261 g/mol. The Hall–Kier alpha value is -1.51. The lowest BCUT2D eigenvalue weighted by atomic mass is 9.94. The Morgan fingerprint density at radius 3 is 2.79 bits per heavy atom. The number of methoxy groups -OCH3 is 1. The van der Waals surface area contributed by atoms with Crippen molar-refractivity contribution in [3.63, 3.8) is 0 Å². The minimum absolute atomic E-state index is 0.351. The van der Waals surface area contributed by atoms with Gasteiger partial charge in [-0.3, -0.25) is 4.99 Å². The first-order chi connectivity index (χ1) is 9.15. The van der Waals surface area contributed by atoms with E-state index in [4.69, 9.17) is 9.47 Å². The summed E-state index contributed by atoms with van der Waals surface area (Å²) in [6.45, 7) is 7.10. The van der Waals surface area contributed by atoms with Crippen LogP contribution in [0.1, 0.15) is 44.7 Å². The predicted octanol–water partition coefficient (Wildman–Crippen LogP) is 3.63. The van der Waals surface area contributed by atoms with Crippen molar-refractivity contribution in [2.75, 3.05) is 13.7 Å². The van der Waals surface area contributed by atoms with Gasteiger partial charge in [-0.1, -0.05) is 13.3 Å². The van der Waals surface area contributed by atoms with Crippen molar-refractivity contribution < 1.29 is 9.47 Å². The third-order valence-electron chi connectivity index (χ3n) is 3.46. The minimum Gasteiger partial charge on any atom is -0.493 e. The molecule has 0 aromatic heterocycles. The summed E-state index contributed by atoms with van der Waals surface area (Å²) >= 11 is 0. The largest absolute Gasteiger partial charge is 0.493 e. The van der Waals surface area contributed by atoms with E-state index in [9.17, 15) is 0 Å². The smallest absolute Gasteiger partial charge is 0.161 e. The Kier molecular flexibility index (Phi) is 4.46. The predicted molar refractivity (Wildman–Crippen MR) is 78.8 cm³/mol. The van der Waals surface area contributed by atoms with Crippen LogP contribution in [-0.4, -0.2) is 25.5 Å². The summed E-state index contributed by atoms with van der Waals surface area (Å²) < 4.78 is 11.3. The highest BCUT2D eigenvalue weighted by atomic mass is 16.5. The SMILES string of the molecule is CCCCOc1cc2c(cc1OC)CC(C)N=C2C. The van der Waals surface area contributed by atoms with Gasteiger partial charge < -0.3 is 9.47 Å². The standard InChI is InChI=1S/C16H23NO2/c1-5-6-7-19-16-10-14-12(3)17-11(2)8-13(14)9-15(16)18-4/h9-11H,5-8H2,1-4H3. The molecular formula is C16H23NO2. The first-order valence-electron chi connectivity index (χ1n) is 7.04. The van der Waals surface area contributed by atoms with Crippen LogP contribution in [0.15, 0.2) is 17.1 Å². The third-order valence-corrected chi connectivity index (χ3v) is 3.46. The number of ether oxygens (including phenoxy) is 2. The molecule has 1 aliphatic rings. The molecule has 3 heteroatoms. The number of hydrogen-bond donors (Lipinski definition) is 0. The Morgan fingerprint density at radius 2 is 2.11 bits per heavy atom. The van der Waals surface area contributed by atoms with Crippen LogP contribution in [0.5, 0.6) is 11.5 Å². The number of unbranched alkanes of at least 4 members (excludes halogenated alkanes) is 1. The summed E-state index contributed by atoms with van der Waals surface area (Å²) in [6, 6.07) is 4.53. The first-order valence-corrected chi connectivity index (χ1v) is 7.04. The van der Waals surface area contributed by atoms with Gasteiger partial charge in [-0.25, -0.2) is 0 Å². The van der Waals surface area contributed by atoms with Crippen LogP contribution < -0.4 is 9.47 Å². The normalized spacial score (nSPS) is 17.7. The minimum atomic E-state index is 0.351. The number of fused-ring (bicyclic) bond motifs is 1. The van der Waals surface area contributed by atoms with Crippen LogP contribution in [0.25, 0.3) is 0 Å². The summed E-state index contributed by atoms with van der Waals surface area (Å²) in [5, 5.41) is 0. The highest BCUT2D eigenvalue weighted by molar-refractivity contribution is 6.01. The lowest BCUT2D eigenvalue weighted by Gasteiger charge is -2.21. The van der Waals surface area contributed by atoms with E-state index in [0.29, 0.717) is 6.04 Å². The third kappa shape index (κ3) is 3.09. The molecule has 1 atom stereocenters. The number of nitrogens with zero attached hydrogens (tertiary/aromatic N) is 1. The Labute approximate surface area is 115 Å². The highest BCUT2D eigenvalue weighted by Crippen LogP contribution is 2.33. The topological polar surface area (TPSA) is 30.8 Å². The van der Waals surface area contributed by atoms with Crippen molar-refractivity contribution in [1.82, 2.24) is 0 Å². The van der Waals surface area contributed by atoms with Crippen molar-refractivity contribution >= 4 is 5.71 Å². The van der Waals surface area contributed by atoms with Gasteiger partial charge in [-0.05, 0) is 44.4 Å². The molecule has 0 aliphatic carbocycles. The highest BCUT2D eigenvalue weighted by Gasteiger charge is 2.19. The number of benzene rings is 1. The summed E-state index contributed by atoms with van der Waals surface area (Å²) in [6.07, 6.45) is 3.16. The van der Waals surface area contributed by atoms with E-state index < -0.39 is 0 Å². The fourth-order valence-electron chi connectivity index (χ4n) is 2.47. The summed E-state index contributed by atoms with van der Waals surface area (Å²) in [5.41, 5.74) is 3.60. The molecule has 0 amide bonds. The van der Waals surface area contributed by atoms with Crippen molar-refractivity contribution in [3.8, 4) is 11.5 Å². The van der Waals surface area contributed by atoms with Gasteiger partial charge in [0.05, 0.1) is 19.8 Å². The zero-order valence-electron chi connectivity index (χ0n) is 12.3. The lowest BCUT2D eigenvalue weighted by Crippen LogP contribution is -2.17. The van der Waals surface area contributed by atoms with Crippen molar-refractivity contribution in [2.45, 2.75) is 46.1 Å². The van der Waals surface area contributed by atoms with Gasteiger partial charge in [0.2, 0.25) is 0 Å². The molecule has 19 heavy (non-hydrogen) atoms. The maximum atomic E-state index is 5.83. The van der Waals surface area contributed by atoms with E-state index in [1.54, 1.807) is 7.11 Å². The van der Waals surface area contributed by atoms with Gasteiger partial charge in [0.1, 0.15) is 0 Å². The fraction of sp³-hybridized carbons (Fsp3) is 0.562. The molecule has 0 bridgehead atoms. The summed E-state index contributed by atoms with van der Waals surface area (Å²) in [4.78, 5) is 4.64. The molecule has 1 aromatic rings. The summed E-state index contributed by atoms with van der Waals surface area (Å²) in [5.74, 6) is 1.66. The molecule has 0 saturated heterocycles. The lowest BCUT2D eigenvalue weighted by molar-refractivity contribution is 0.288. The Morgan fingerprint density at radius 1 is 1.32 bits per heavy atom. The van der Waals surface area contributed by atoms with E-state index in [2.05, 4.69) is 37.9 Å². The maximum absolute atomic E-state index is 5.83. The first kappa shape index (κ1) is 13.9. The van der Waals surface area contributed by atoms with Gasteiger partial charge in [0.25, 0.3) is 0 Å². The molecule has 1 aliphatic heterocycles. The maximum Gasteiger partial charge on any atom is 0.161 e. The molecule has 1 unspecified atom stereocenters. The van der Waals surface area contributed by atoms with E-state index >= 15 is 0 Å². The average molecular weight is 261 g/mol. The second-order valence-electron chi connectivity index (χ2n) is 5.13. The van der Waals surface area contributed by atoms with Gasteiger partial charge in [-0.2, -0.15) is 0 Å². The van der Waals surface area contributed by atoms with Crippen LogP contribution in [0, 0.1) is 0 Å². The van der Waals surface area contributed by atoms with Gasteiger partial charge in [0, 0.05) is 11.3 Å². The zero-order valence-corrected chi connectivity index (χ0v) is 12.3. The molecule has 1 aromatic carbocycles. The number of hydrogen-bond acceptors (Lipinski definition) is 3. The van der Waals surface area contributed by atoms with Crippen LogP contribution in [0.2, 0.25) is 0 Å². The van der Waals surface area contributed by atoms with E-state index in [1.807, 2.05) is 0 Å². The van der Waals surface area contributed by atoms with Crippen LogP contribution in [-0.2, 0) is 6.42 Å². The second-order valence-corrected chi connectivity index (χ2v) is 5.13. The van der Waals surface area contributed by atoms with Crippen LogP contribution in [0.4, 0.5) is 0 Å². The van der Waals surface area contributed by atoms with Gasteiger partial charge >= 0.3 is 0 Å². The molecule has 104 valence electrons. The van der Waals surface area contributed by atoms with Crippen LogP contribution >= 0.6 is 0 Å². The van der Waals surface area contributed by atoms with Crippen LogP contribution in [0.3, 0.4) is 0 Å². The molecule has 0 radical (unpaired) electrons. The molecule has 2 rings (SSSR count). The Balaban J connectivity index is 2.31. The van der Waals surface area contributed by atoms with E-state index in [0.717, 1.165) is 43.1 Å². The quantitative estimate of drug-likeness (QED) is 0.758. The van der Waals surface area contributed by atoms with Gasteiger partial charge in [0.15, 0.2) is 11.5 Å². The molecule has 0 spiro atoms. The number of aliphatic imine (C=N–C) groups is 1. The molecule has 0 saturated carbocycles. The molecule has 0 N–H and O–H groups in total. The second kappa shape index (κ2) is 6.09. The summed E-state index contributed by atoms with van der Waals surface area (Å²) in [7, 11) is 1.70. The van der Waals surface area contributed by atoms with Crippen molar-refractivity contribution in [2.24, 2.45) is 4.99 Å². The van der Waals surface area contributed by atoms with Crippen molar-refractivity contribution in [3.05, 3.63) is 23.3 Å². The molecule has 1 heterocycles. The molecule has 0 fully saturated rings. The van der Waals surface area contributed by atoms with Crippen molar-refractivity contribution in [1.29, 1.82) is 0 Å². The fourth-order valence-corrected chi connectivity index (χ4v) is 2.47. The molecule has 3 nitrogen and oxygen atoms in total. The zero-order chi connectivity index (χ0) is 13.8. The average Bonchev–Trinajstić information content (AvgIpc) is 2.38. The molecular weight excluding hydrogens is 238 g/mol. The van der Waals surface area contributed by atoms with E-state index in [1.165, 1.54) is 11.1 Å². The Bertz CT molecular complexity index is 480. The van der Waals surface area contributed by atoms with Gasteiger partial charge in [-0.15, -0.1) is 0 Å². The number of rotatable bonds is 5. The van der Waals surface area contributed by atoms with E-state index in [-0.39, 0.29) is 0 Å².